The van der Waals surface area contributed by atoms with Crippen LogP contribution >= 0.6 is 0 Å². The summed E-state index contributed by atoms with van der Waals surface area (Å²) in [5.41, 5.74) is 2.72. The van der Waals surface area contributed by atoms with E-state index in [9.17, 15) is 9.59 Å². The van der Waals surface area contributed by atoms with E-state index in [1.54, 1.807) is 42.6 Å². The van der Waals surface area contributed by atoms with Crippen LogP contribution in [0.1, 0.15) is 46.9 Å². The molecule has 25 heavy (non-hydrogen) atoms. The Balaban J connectivity index is 1.68. The predicted octanol–water partition coefficient (Wildman–Crippen LogP) is 3.34. The van der Waals surface area contributed by atoms with Gasteiger partial charge in [-0.1, -0.05) is 6.92 Å². The molecule has 128 valence electrons. The summed E-state index contributed by atoms with van der Waals surface area (Å²) in [5.74, 6) is -0.351. The number of nitrogens with one attached hydrogen (secondary N) is 1. The number of rotatable bonds is 4. The molecule has 2 amide bonds. The van der Waals surface area contributed by atoms with Gasteiger partial charge in [-0.05, 0) is 55.7 Å². The fraction of sp³-hybridized carbons (Fsp3) is 0.263. The van der Waals surface area contributed by atoms with Crippen molar-refractivity contribution in [3.8, 4) is 0 Å². The van der Waals surface area contributed by atoms with E-state index >= 15 is 0 Å². The summed E-state index contributed by atoms with van der Waals surface area (Å²) in [6.45, 7) is 2.69. The second kappa shape index (κ2) is 7.70. The van der Waals surface area contributed by atoms with Crippen molar-refractivity contribution in [1.29, 1.82) is 0 Å². The quantitative estimate of drug-likeness (QED) is 0.930. The highest BCUT2D eigenvalue weighted by Crippen LogP contribution is 2.16. The lowest BCUT2D eigenvalue weighted by molar-refractivity contribution is 0.0750. The number of carbonyl (C=O) groups is 2. The maximum Gasteiger partial charge on any atom is 0.273 e. The number of pyridine rings is 1. The van der Waals surface area contributed by atoms with Gasteiger partial charge >= 0.3 is 0 Å². The minimum atomic E-state index is -0.236. The smallest absolute Gasteiger partial charge is 0.273 e. The van der Waals surface area contributed by atoms with Gasteiger partial charge in [0.15, 0.2) is 0 Å². The van der Waals surface area contributed by atoms with Crippen molar-refractivity contribution in [2.24, 2.45) is 5.10 Å². The SMILES string of the molecule is CCC1=NN(C(=O)c2ccc(NC(=O)c3cccnc3)cc2)CCC1. The van der Waals surface area contributed by atoms with E-state index in [2.05, 4.69) is 15.4 Å². The maximum atomic E-state index is 12.5. The first-order valence-electron chi connectivity index (χ1n) is 8.37. The number of anilines is 1. The molecular weight excluding hydrogens is 316 g/mol. The van der Waals surface area contributed by atoms with Gasteiger partial charge in [-0.25, -0.2) is 5.01 Å². The summed E-state index contributed by atoms with van der Waals surface area (Å²) in [6, 6.07) is 10.2. The Morgan fingerprint density at radius 1 is 1.16 bits per heavy atom. The summed E-state index contributed by atoms with van der Waals surface area (Å²) < 4.78 is 0. The summed E-state index contributed by atoms with van der Waals surface area (Å²) in [7, 11) is 0. The highest BCUT2D eigenvalue weighted by Gasteiger charge is 2.19. The number of hydrogen-bond acceptors (Lipinski definition) is 4. The first-order chi connectivity index (χ1) is 12.2. The van der Waals surface area contributed by atoms with Crippen LogP contribution < -0.4 is 5.32 Å². The molecule has 0 bridgehead atoms. The van der Waals surface area contributed by atoms with Crippen LogP contribution in [-0.2, 0) is 0 Å². The van der Waals surface area contributed by atoms with Crippen molar-refractivity contribution < 1.29 is 9.59 Å². The van der Waals surface area contributed by atoms with Gasteiger partial charge < -0.3 is 5.32 Å². The fourth-order valence-corrected chi connectivity index (χ4v) is 2.64. The Labute approximate surface area is 146 Å². The number of hydrogen-bond donors (Lipinski definition) is 1. The zero-order valence-electron chi connectivity index (χ0n) is 14.1. The molecule has 2 aromatic rings. The minimum Gasteiger partial charge on any atom is -0.322 e. The number of benzene rings is 1. The Morgan fingerprint density at radius 3 is 2.64 bits per heavy atom. The Morgan fingerprint density at radius 2 is 1.96 bits per heavy atom. The lowest BCUT2D eigenvalue weighted by atomic mass is 10.1. The van der Waals surface area contributed by atoms with E-state index < -0.39 is 0 Å². The second-order valence-electron chi connectivity index (χ2n) is 5.82. The zero-order chi connectivity index (χ0) is 17.6. The summed E-state index contributed by atoms with van der Waals surface area (Å²) in [4.78, 5) is 28.6. The van der Waals surface area contributed by atoms with E-state index in [-0.39, 0.29) is 11.8 Å². The maximum absolute atomic E-state index is 12.5. The number of amides is 2. The van der Waals surface area contributed by atoms with Crippen LogP contribution in [0.4, 0.5) is 5.69 Å². The van der Waals surface area contributed by atoms with Crippen LogP contribution in [0.15, 0.2) is 53.9 Å². The summed E-state index contributed by atoms with van der Waals surface area (Å²) >= 11 is 0. The van der Waals surface area contributed by atoms with E-state index in [1.807, 2.05) is 6.92 Å². The van der Waals surface area contributed by atoms with Gasteiger partial charge in [-0.15, -0.1) is 0 Å². The molecule has 6 heteroatoms. The number of aromatic nitrogens is 1. The minimum absolute atomic E-state index is 0.115. The third-order valence-electron chi connectivity index (χ3n) is 4.05. The van der Waals surface area contributed by atoms with Crippen molar-refractivity contribution in [2.45, 2.75) is 26.2 Å². The molecule has 0 spiro atoms. The van der Waals surface area contributed by atoms with Crippen LogP contribution in [-0.4, -0.2) is 34.1 Å². The highest BCUT2D eigenvalue weighted by molar-refractivity contribution is 6.04. The van der Waals surface area contributed by atoms with Gasteiger partial charge in [0.05, 0.1) is 5.56 Å². The van der Waals surface area contributed by atoms with Gasteiger partial charge in [-0.3, -0.25) is 14.6 Å². The lowest BCUT2D eigenvalue weighted by Crippen LogP contribution is -2.31. The van der Waals surface area contributed by atoms with Crippen LogP contribution in [0, 0.1) is 0 Å². The molecule has 0 fully saturated rings. The first-order valence-corrected chi connectivity index (χ1v) is 8.37. The summed E-state index contributed by atoms with van der Waals surface area (Å²) in [6.07, 6.45) is 5.89. The third kappa shape index (κ3) is 4.09. The topological polar surface area (TPSA) is 74.7 Å². The molecular formula is C19H20N4O2. The van der Waals surface area contributed by atoms with Gasteiger partial charge in [-0.2, -0.15) is 5.10 Å². The second-order valence-corrected chi connectivity index (χ2v) is 5.82. The molecule has 1 aromatic heterocycles. The molecule has 1 N–H and O–H groups in total. The van der Waals surface area contributed by atoms with Crippen molar-refractivity contribution >= 4 is 23.2 Å². The molecule has 0 aliphatic carbocycles. The Kier molecular flexibility index (Phi) is 5.18. The number of nitrogens with zero attached hydrogens (tertiary/aromatic N) is 3. The van der Waals surface area contributed by atoms with E-state index in [0.717, 1.165) is 25.0 Å². The molecule has 2 heterocycles. The van der Waals surface area contributed by atoms with E-state index in [4.69, 9.17) is 0 Å². The predicted molar refractivity (Wildman–Crippen MR) is 96.6 cm³/mol. The summed E-state index contributed by atoms with van der Waals surface area (Å²) in [5, 5.41) is 8.73. The molecule has 1 aliphatic rings. The largest absolute Gasteiger partial charge is 0.322 e. The molecule has 3 rings (SSSR count). The van der Waals surface area contributed by atoms with Crippen LogP contribution in [0.5, 0.6) is 0 Å². The zero-order valence-corrected chi connectivity index (χ0v) is 14.1. The number of carbonyl (C=O) groups excluding carboxylic acids is 2. The monoisotopic (exact) mass is 336 g/mol. The first kappa shape index (κ1) is 16.8. The van der Waals surface area contributed by atoms with Crippen molar-refractivity contribution in [3.05, 3.63) is 59.9 Å². The molecule has 1 aromatic carbocycles. The molecule has 1 aliphatic heterocycles. The molecule has 0 unspecified atom stereocenters. The molecule has 0 atom stereocenters. The van der Waals surface area contributed by atoms with Crippen LogP contribution in [0.2, 0.25) is 0 Å². The standard InChI is InChI=1S/C19H20N4O2/c1-2-16-6-4-12-23(22-16)19(25)14-7-9-17(10-8-14)21-18(24)15-5-3-11-20-13-15/h3,5,7-11,13H,2,4,6,12H2,1H3,(H,21,24). The van der Waals surface area contributed by atoms with Crippen LogP contribution in [0.3, 0.4) is 0 Å². The van der Waals surface area contributed by atoms with Gasteiger partial charge in [0.25, 0.3) is 11.8 Å². The third-order valence-corrected chi connectivity index (χ3v) is 4.05. The Hall–Kier alpha value is -3.02. The molecule has 0 radical (unpaired) electrons. The lowest BCUT2D eigenvalue weighted by Gasteiger charge is -2.23. The Bertz CT molecular complexity index is 785. The van der Waals surface area contributed by atoms with E-state index in [1.165, 1.54) is 11.2 Å². The molecule has 0 saturated carbocycles. The van der Waals surface area contributed by atoms with Crippen molar-refractivity contribution in [2.75, 3.05) is 11.9 Å². The number of hydrazone groups is 1. The van der Waals surface area contributed by atoms with E-state index in [0.29, 0.717) is 23.4 Å². The van der Waals surface area contributed by atoms with Crippen molar-refractivity contribution in [3.63, 3.8) is 0 Å². The van der Waals surface area contributed by atoms with Crippen LogP contribution in [0.25, 0.3) is 0 Å². The fourth-order valence-electron chi connectivity index (χ4n) is 2.64. The molecule has 0 saturated heterocycles. The average Bonchev–Trinajstić information content (AvgIpc) is 2.68. The normalized spacial score (nSPS) is 14.0. The van der Waals surface area contributed by atoms with Gasteiger partial charge in [0.2, 0.25) is 0 Å². The van der Waals surface area contributed by atoms with Gasteiger partial charge in [0, 0.05) is 35.9 Å². The van der Waals surface area contributed by atoms with Crippen molar-refractivity contribution in [1.82, 2.24) is 9.99 Å². The highest BCUT2D eigenvalue weighted by atomic mass is 16.2. The average molecular weight is 336 g/mol. The molecule has 6 nitrogen and oxygen atoms in total. The van der Waals surface area contributed by atoms with Gasteiger partial charge in [0.1, 0.15) is 0 Å².